The Hall–Kier alpha value is -4.91. The van der Waals surface area contributed by atoms with Gasteiger partial charge in [0.05, 0.1) is 0 Å². The van der Waals surface area contributed by atoms with E-state index in [1.54, 1.807) is 0 Å². The molecule has 4 aromatic carbocycles. The van der Waals surface area contributed by atoms with E-state index in [4.69, 9.17) is 4.98 Å². The quantitative estimate of drug-likeness (QED) is 0.247. The molecule has 0 unspecified atom stereocenters. The van der Waals surface area contributed by atoms with Gasteiger partial charge in [-0.25, -0.2) is 4.98 Å². The molecule has 0 saturated heterocycles. The van der Waals surface area contributed by atoms with E-state index in [0.29, 0.717) is 18.1 Å². The number of rotatable bonds is 8. The Morgan fingerprint density at radius 2 is 1.58 bits per heavy atom. The summed E-state index contributed by atoms with van der Waals surface area (Å²) in [5, 5.41) is 16.7. The second-order valence-corrected chi connectivity index (χ2v) is 9.22. The van der Waals surface area contributed by atoms with Crippen LogP contribution in [0.5, 0.6) is 0 Å². The molecule has 2 heterocycles. The van der Waals surface area contributed by atoms with Crippen LogP contribution in [0.2, 0.25) is 0 Å². The topological polar surface area (TPSA) is 89.4 Å². The van der Waals surface area contributed by atoms with Crippen LogP contribution in [0, 0.1) is 0 Å². The predicted molar refractivity (Wildman–Crippen MR) is 149 cm³/mol. The SMILES string of the molecule is CCCc1nc(-c2cccc3ccccc23)c(C=O)n1Cc1ccc(-c2ccccc2-c2nn[nH]n2)cc1. The molecule has 6 aromatic rings. The van der Waals surface area contributed by atoms with Crippen LogP contribution in [0.25, 0.3) is 44.5 Å². The molecule has 0 spiro atoms. The molecule has 7 heteroatoms. The summed E-state index contributed by atoms with van der Waals surface area (Å²) in [4.78, 5) is 17.5. The Morgan fingerprint density at radius 1 is 0.842 bits per heavy atom. The van der Waals surface area contributed by atoms with Crippen molar-refractivity contribution in [1.82, 2.24) is 30.2 Å². The van der Waals surface area contributed by atoms with E-state index in [-0.39, 0.29) is 0 Å². The Kier molecular flexibility index (Phi) is 6.32. The molecule has 0 aliphatic heterocycles. The molecule has 7 nitrogen and oxygen atoms in total. The lowest BCUT2D eigenvalue weighted by Gasteiger charge is -2.12. The number of nitrogens with one attached hydrogen (secondary N) is 1. The van der Waals surface area contributed by atoms with Gasteiger partial charge in [0.15, 0.2) is 6.29 Å². The molecule has 0 radical (unpaired) electrons. The standard InChI is InChI=1S/C31H26N6O/c1-2-8-29-32-30(26-14-7-10-22-9-3-4-11-24(22)26)28(20-38)37(29)19-21-15-17-23(18-16-21)25-12-5-6-13-27(25)31-33-35-36-34-31/h3-7,9-18,20H,2,8,19H2,1H3,(H,33,34,35,36). The van der Waals surface area contributed by atoms with Gasteiger partial charge in [-0.15, -0.1) is 10.2 Å². The number of hydrogen-bond acceptors (Lipinski definition) is 5. The first-order valence-corrected chi connectivity index (χ1v) is 12.7. The normalized spacial score (nSPS) is 11.2. The van der Waals surface area contributed by atoms with Crippen LogP contribution in [0.4, 0.5) is 0 Å². The van der Waals surface area contributed by atoms with E-state index >= 15 is 0 Å². The van der Waals surface area contributed by atoms with Crippen molar-refractivity contribution in [2.75, 3.05) is 0 Å². The Morgan fingerprint density at radius 3 is 2.34 bits per heavy atom. The number of nitrogens with zero attached hydrogens (tertiary/aromatic N) is 5. The molecule has 0 aliphatic carbocycles. The minimum atomic E-state index is 0.559. The van der Waals surface area contributed by atoms with E-state index in [1.165, 1.54) is 0 Å². The number of H-pyrrole nitrogens is 1. The summed E-state index contributed by atoms with van der Waals surface area (Å²) in [6.45, 7) is 2.70. The van der Waals surface area contributed by atoms with Gasteiger partial charge in [0.1, 0.15) is 17.2 Å². The van der Waals surface area contributed by atoms with Crippen LogP contribution in [0.15, 0.2) is 91.0 Å². The molecule has 1 N–H and O–H groups in total. The number of aldehydes is 1. The molecule has 0 amide bonds. The smallest absolute Gasteiger partial charge is 0.205 e. The fourth-order valence-corrected chi connectivity index (χ4v) is 5.03. The van der Waals surface area contributed by atoms with Crippen LogP contribution >= 0.6 is 0 Å². The Bertz CT molecular complexity index is 1710. The van der Waals surface area contributed by atoms with Crippen molar-refractivity contribution in [1.29, 1.82) is 0 Å². The minimum Gasteiger partial charge on any atom is -0.321 e. The first-order valence-electron chi connectivity index (χ1n) is 12.7. The third-order valence-electron chi connectivity index (χ3n) is 6.83. The van der Waals surface area contributed by atoms with Gasteiger partial charge >= 0.3 is 0 Å². The second-order valence-electron chi connectivity index (χ2n) is 9.22. The molecule has 0 saturated carbocycles. The highest BCUT2D eigenvalue weighted by Crippen LogP contribution is 2.32. The average molecular weight is 499 g/mol. The van der Waals surface area contributed by atoms with Crippen molar-refractivity contribution in [3.63, 3.8) is 0 Å². The molecule has 6 rings (SSSR count). The van der Waals surface area contributed by atoms with E-state index in [0.717, 1.165) is 69.2 Å². The maximum absolute atomic E-state index is 12.5. The number of benzene rings is 4. The lowest BCUT2D eigenvalue weighted by atomic mass is 9.98. The average Bonchev–Trinajstić information content (AvgIpc) is 3.62. The molecule has 38 heavy (non-hydrogen) atoms. The molecule has 0 fully saturated rings. The zero-order valence-corrected chi connectivity index (χ0v) is 21.0. The summed E-state index contributed by atoms with van der Waals surface area (Å²) in [5.74, 6) is 1.48. The van der Waals surface area contributed by atoms with Crippen molar-refractivity contribution < 1.29 is 4.79 Å². The minimum absolute atomic E-state index is 0.559. The van der Waals surface area contributed by atoms with Crippen molar-refractivity contribution in [3.8, 4) is 33.8 Å². The van der Waals surface area contributed by atoms with E-state index in [9.17, 15) is 4.79 Å². The van der Waals surface area contributed by atoms with Gasteiger partial charge in [0.2, 0.25) is 5.82 Å². The van der Waals surface area contributed by atoms with E-state index < -0.39 is 0 Å². The van der Waals surface area contributed by atoms with Gasteiger partial charge < -0.3 is 4.57 Å². The predicted octanol–water partition coefficient (Wildman–Crippen LogP) is 6.36. The Labute approximate surface area is 220 Å². The highest BCUT2D eigenvalue weighted by molar-refractivity contribution is 5.99. The monoisotopic (exact) mass is 498 g/mol. The van der Waals surface area contributed by atoms with Gasteiger partial charge in [0.25, 0.3) is 0 Å². The summed E-state index contributed by atoms with van der Waals surface area (Å²) in [6.07, 6.45) is 2.68. The third-order valence-corrected chi connectivity index (χ3v) is 6.83. The zero-order valence-electron chi connectivity index (χ0n) is 21.0. The highest BCUT2D eigenvalue weighted by atomic mass is 16.1. The van der Waals surface area contributed by atoms with Crippen LogP contribution < -0.4 is 0 Å². The van der Waals surface area contributed by atoms with Gasteiger partial charge in [-0.05, 0) is 39.1 Å². The molecule has 0 atom stereocenters. The number of aromatic amines is 1. The number of aryl methyl sites for hydroxylation is 1. The number of carbonyl (C=O) groups excluding carboxylic acids is 1. The maximum Gasteiger partial charge on any atom is 0.205 e. The summed E-state index contributed by atoms with van der Waals surface area (Å²) in [6, 6.07) is 30.8. The van der Waals surface area contributed by atoms with Gasteiger partial charge in [-0.2, -0.15) is 5.21 Å². The fraction of sp³-hybridized carbons (Fsp3) is 0.129. The summed E-state index contributed by atoms with van der Waals surface area (Å²) >= 11 is 0. The first kappa shape index (κ1) is 23.5. The number of imidazole rings is 1. The maximum atomic E-state index is 12.5. The van der Waals surface area contributed by atoms with E-state index in [1.807, 2.05) is 42.5 Å². The van der Waals surface area contributed by atoms with Crippen LogP contribution in [0.3, 0.4) is 0 Å². The van der Waals surface area contributed by atoms with Gasteiger partial charge in [0, 0.05) is 24.1 Å². The molecular weight excluding hydrogens is 472 g/mol. The van der Waals surface area contributed by atoms with Gasteiger partial charge in [-0.1, -0.05) is 97.9 Å². The number of aromatic nitrogens is 6. The lowest BCUT2D eigenvalue weighted by molar-refractivity contribution is 0.111. The highest BCUT2D eigenvalue weighted by Gasteiger charge is 2.20. The molecule has 2 aromatic heterocycles. The van der Waals surface area contributed by atoms with Crippen LogP contribution in [-0.4, -0.2) is 36.5 Å². The van der Waals surface area contributed by atoms with Crippen LogP contribution in [0.1, 0.15) is 35.2 Å². The third kappa shape index (κ3) is 4.28. The summed E-state index contributed by atoms with van der Waals surface area (Å²) in [5.41, 5.74) is 6.42. The molecule has 0 bridgehead atoms. The number of carbonyl (C=O) groups is 1. The lowest BCUT2D eigenvalue weighted by Crippen LogP contribution is -2.08. The van der Waals surface area contributed by atoms with Crippen molar-refractivity contribution in [3.05, 3.63) is 108 Å². The molecular formula is C31H26N6O. The van der Waals surface area contributed by atoms with Gasteiger partial charge in [-0.3, -0.25) is 4.79 Å². The number of fused-ring (bicyclic) bond motifs is 1. The molecule has 0 aliphatic rings. The number of tetrazole rings is 1. The molecule has 186 valence electrons. The van der Waals surface area contributed by atoms with Crippen molar-refractivity contribution in [2.45, 2.75) is 26.3 Å². The number of hydrogen-bond donors (Lipinski definition) is 1. The zero-order chi connectivity index (χ0) is 25.9. The van der Waals surface area contributed by atoms with Crippen LogP contribution in [-0.2, 0) is 13.0 Å². The Balaban J connectivity index is 1.38. The summed E-state index contributed by atoms with van der Waals surface area (Å²) < 4.78 is 2.07. The van der Waals surface area contributed by atoms with Crippen molar-refractivity contribution in [2.24, 2.45) is 0 Å². The fourth-order valence-electron chi connectivity index (χ4n) is 5.03. The first-order chi connectivity index (χ1) is 18.8. The largest absolute Gasteiger partial charge is 0.321 e. The summed E-state index contributed by atoms with van der Waals surface area (Å²) in [7, 11) is 0. The van der Waals surface area contributed by atoms with Crippen molar-refractivity contribution >= 4 is 17.1 Å². The second kappa shape index (κ2) is 10.2. The van der Waals surface area contributed by atoms with E-state index in [2.05, 4.69) is 80.6 Å².